The summed E-state index contributed by atoms with van der Waals surface area (Å²) in [5, 5.41) is 0. The first-order valence-electron chi connectivity index (χ1n) is 6.31. The monoisotopic (exact) mass is 222 g/mol. The second kappa shape index (κ2) is 3.46. The van der Waals surface area contributed by atoms with E-state index in [1.165, 1.54) is 39.0 Å². The zero-order valence-corrected chi connectivity index (χ0v) is 11.0. The molecule has 0 aromatic heterocycles. The highest BCUT2D eigenvalue weighted by Crippen LogP contribution is 2.46. The minimum absolute atomic E-state index is 0.542. The van der Waals surface area contributed by atoms with Crippen molar-refractivity contribution in [2.45, 2.75) is 27.7 Å². The molecule has 0 heteroatoms. The molecule has 2 aliphatic rings. The summed E-state index contributed by atoms with van der Waals surface area (Å²) in [6, 6.07) is 4.48. The molecule has 1 atom stereocenters. The van der Waals surface area contributed by atoms with E-state index in [1.807, 2.05) is 0 Å². The first-order chi connectivity index (χ1) is 8.09. The highest BCUT2D eigenvalue weighted by Gasteiger charge is 2.27. The Balaban J connectivity index is 2.36. The van der Waals surface area contributed by atoms with Crippen LogP contribution in [-0.4, -0.2) is 0 Å². The first kappa shape index (κ1) is 10.6. The van der Waals surface area contributed by atoms with Gasteiger partial charge in [-0.25, -0.2) is 0 Å². The maximum absolute atomic E-state index is 2.39. The highest BCUT2D eigenvalue weighted by atomic mass is 14.3. The molecular formula is C17H18. The van der Waals surface area contributed by atoms with Gasteiger partial charge in [0.2, 0.25) is 0 Å². The molecule has 1 unspecified atom stereocenters. The summed E-state index contributed by atoms with van der Waals surface area (Å²) in [6.07, 6.45) is 6.97. The van der Waals surface area contributed by atoms with Gasteiger partial charge in [-0.1, -0.05) is 31.2 Å². The Kier molecular flexibility index (Phi) is 2.16. The van der Waals surface area contributed by atoms with E-state index in [9.17, 15) is 0 Å². The molecule has 0 N–H and O–H groups in total. The van der Waals surface area contributed by atoms with Crippen LogP contribution in [0.4, 0.5) is 0 Å². The van der Waals surface area contributed by atoms with Crippen LogP contribution in [0, 0.1) is 19.8 Å². The fourth-order valence-electron chi connectivity index (χ4n) is 2.98. The Morgan fingerprint density at radius 3 is 2.47 bits per heavy atom. The maximum Gasteiger partial charge on any atom is -0.0000739 e. The Morgan fingerprint density at radius 2 is 1.71 bits per heavy atom. The van der Waals surface area contributed by atoms with Gasteiger partial charge in [0.15, 0.2) is 0 Å². The molecule has 0 spiro atoms. The summed E-state index contributed by atoms with van der Waals surface area (Å²) >= 11 is 0. The van der Waals surface area contributed by atoms with Crippen LogP contribution in [-0.2, 0) is 0 Å². The van der Waals surface area contributed by atoms with E-state index in [1.54, 1.807) is 0 Å². The molecular weight excluding hydrogens is 204 g/mol. The number of rotatable bonds is 0. The number of hydrogen-bond acceptors (Lipinski definition) is 0. The molecule has 2 aliphatic carbocycles. The fourth-order valence-corrected chi connectivity index (χ4v) is 2.98. The van der Waals surface area contributed by atoms with Gasteiger partial charge in [0, 0.05) is 0 Å². The van der Waals surface area contributed by atoms with Crippen molar-refractivity contribution in [1.29, 1.82) is 0 Å². The Labute approximate surface area is 103 Å². The van der Waals surface area contributed by atoms with Crippen molar-refractivity contribution in [3.05, 3.63) is 57.7 Å². The topological polar surface area (TPSA) is 0 Å². The summed E-state index contributed by atoms with van der Waals surface area (Å²) in [4.78, 5) is 0. The molecule has 0 heterocycles. The van der Waals surface area contributed by atoms with Gasteiger partial charge < -0.3 is 0 Å². The number of hydrogen-bond donors (Lipinski definition) is 0. The lowest BCUT2D eigenvalue weighted by Gasteiger charge is -2.20. The zero-order valence-electron chi connectivity index (χ0n) is 11.0. The third-order valence-corrected chi connectivity index (χ3v) is 4.03. The minimum Gasteiger partial charge on any atom is -0.0770 e. The van der Waals surface area contributed by atoms with Crippen LogP contribution in [0.2, 0.25) is 0 Å². The van der Waals surface area contributed by atoms with Gasteiger partial charge in [0.05, 0.1) is 0 Å². The smallest absolute Gasteiger partial charge is 0.0000739 e. The summed E-state index contributed by atoms with van der Waals surface area (Å²) < 4.78 is 0. The van der Waals surface area contributed by atoms with Crippen molar-refractivity contribution < 1.29 is 0 Å². The van der Waals surface area contributed by atoms with Gasteiger partial charge in [-0.3, -0.25) is 0 Å². The molecule has 0 saturated heterocycles. The molecule has 3 rings (SSSR count). The minimum atomic E-state index is 0.542. The SMILES string of the molecule is CC1=C2C(=Cc3c(C)ccc(C)c32)C(C)C=C1. The van der Waals surface area contributed by atoms with E-state index in [2.05, 4.69) is 58.1 Å². The van der Waals surface area contributed by atoms with Gasteiger partial charge >= 0.3 is 0 Å². The fraction of sp³-hybridized carbons (Fsp3) is 0.294. The van der Waals surface area contributed by atoms with Crippen LogP contribution in [0.1, 0.15) is 36.1 Å². The molecule has 0 nitrogen and oxygen atoms in total. The molecule has 1 aromatic rings. The molecule has 86 valence electrons. The van der Waals surface area contributed by atoms with E-state index in [0.717, 1.165) is 0 Å². The van der Waals surface area contributed by atoms with Crippen molar-refractivity contribution in [3.63, 3.8) is 0 Å². The Bertz CT molecular complexity index is 595. The predicted octanol–water partition coefficient (Wildman–Crippen LogP) is 4.68. The van der Waals surface area contributed by atoms with Crippen LogP contribution in [0.25, 0.3) is 11.6 Å². The van der Waals surface area contributed by atoms with E-state index in [0.29, 0.717) is 5.92 Å². The molecule has 0 bridgehead atoms. The van der Waals surface area contributed by atoms with Crippen LogP contribution in [0.15, 0.2) is 35.4 Å². The van der Waals surface area contributed by atoms with Crippen LogP contribution in [0.3, 0.4) is 0 Å². The number of fused-ring (bicyclic) bond motifs is 3. The quantitative estimate of drug-likeness (QED) is 0.598. The standard InChI is InChI=1S/C17H18/c1-10-5-7-12(3)16-14(10)9-15-11(2)6-8-13(4)17(15)16/h5-10H,1-4H3. The molecule has 0 radical (unpaired) electrons. The van der Waals surface area contributed by atoms with E-state index >= 15 is 0 Å². The zero-order chi connectivity index (χ0) is 12.2. The Hall–Kier alpha value is -1.56. The van der Waals surface area contributed by atoms with Crippen LogP contribution in [0.5, 0.6) is 0 Å². The van der Waals surface area contributed by atoms with Crippen LogP contribution >= 0.6 is 0 Å². The number of allylic oxidation sites excluding steroid dienone is 5. The second-order valence-corrected chi connectivity index (χ2v) is 5.29. The molecule has 0 saturated carbocycles. The van der Waals surface area contributed by atoms with Crippen molar-refractivity contribution >= 4 is 11.6 Å². The van der Waals surface area contributed by atoms with Crippen molar-refractivity contribution in [3.8, 4) is 0 Å². The molecule has 1 aromatic carbocycles. The summed E-state index contributed by atoms with van der Waals surface area (Å²) in [5.74, 6) is 0.542. The summed E-state index contributed by atoms with van der Waals surface area (Å²) in [5.41, 5.74) is 10.1. The Morgan fingerprint density at radius 1 is 1.00 bits per heavy atom. The van der Waals surface area contributed by atoms with Crippen molar-refractivity contribution in [2.75, 3.05) is 0 Å². The third-order valence-electron chi connectivity index (χ3n) is 4.03. The van der Waals surface area contributed by atoms with Gasteiger partial charge in [0.1, 0.15) is 0 Å². The summed E-state index contributed by atoms with van der Waals surface area (Å²) in [7, 11) is 0. The van der Waals surface area contributed by atoms with Crippen LogP contribution < -0.4 is 0 Å². The van der Waals surface area contributed by atoms with Crippen molar-refractivity contribution in [2.24, 2.45) is 5.92 Å². The third kappa shape index (κ3) is 1.37. The molecule has 17 heavy (non-hydrogen) atoms. The average molecular weight is 222 g/mol. The van der Waals surface area contributed by atoms with Gasteiger partial charge in [-0.05, 0) is 71.7 Å². The normalized spacial score (nSPS) is 21.4. The lowest BCUT2D eigenvalue weighted by Crippen LogP contribution is -2.02. The number of aryl methyl sites for hydroxylation is 2. The molecule has 0 aliphatic heterocycles. The van der Waals surface area contributed by atoms with Gasteiger partial charge in [0.25, 0.3) is 0 Å². The largest absolute Gasteiger partial charge is 0.0770 e. The van der Waals surface area contributed by atoms with Gasteiger partial charge in [-0.15, -0.1) is 0 Å². The van der Waals surface area contributed by atoms with Gasteiger partial charge in [-0.2, -0.15) is 0 Å². The van der Waals surface area contributed by atoms with E-state index in [4.69, 9.17) is 0 Å². The predicted molar refractivity (Wildman–Crippen MR) is 74.8 cm³/mol. The second-order valence-electron chi connectivity index (χ2n) is 5.29. The number of benzene rings is 1. The van der Waals surface area contributed by atoms with E-state index in [-0.39, 0.29) is 0 Å². The summed E-state index contributed by atoms with van der Waals surface area (Å²) in [6.45, 7) is 8.94. The van der Waals surface area contributed by atoms with Crippen molar-refractivity contribution in [1.82, 2.24) is 0 Å². The lowest BCUT2D eigenvalue weighted by atomic mass is 9.84. The van der Waals surface area contributed by atoms with E-state index < -0.39 is 0 Å². The maximum atomic E-state index is 2.39. The highest BCUT2D eigenvalue weighted by molar-refractivity contribution is 5.99. The molecule has 0 fully saturated rings. The lowest BCUT2D eigenvalue weighted by molar-refractivity contribution is 0.895. The molecule has 0 amide bonds. The average Bonchev–Trinajstić information content (AvgIpc) is 2.71. The first-order valence-corrected chi connectivity index (χ1v) is 6.31.